The molecule has 0 spiro atoms. The molecule has 0 unspecified atom stereocenters. The van der Waals surface area contributed by atoms with E-state index in [-0.39, 0.29) is 18.4 Å². The third kappa shape index (κ3) is 7.02. The Kier molecular flexibility index (Phi) is 8.58. The van der Waals surface area contributed by atoms with E-state index in [1.165, 1.54) is 11.0 Å². The van der Waals surface area contributed by atoms with Crippen LogP contribution in [0.25, 0.3) is 6.08 Å². The standard InChI is InChI=1S/C22H30N4O4/c1-15(2)13-17(22(30)26-12-6-9-18(26)21(23)29)25-20(28)14-24-19(27)11-10-16-7-4-3-5-8-16/h3-5,7-8,10-11,15,17-18H,6,9,12-14H2,1-2H3,(H2,23,29)(H,24,27)(H,25,28)/b11-10+/t17-,18-/m0/s1. The van der Waals surface area contributed by atoms with Gasteiger partial charge in [-0.05, 0) is 36.8 Å². The van der Waals surface area contributed by atoms with Crippen molar-refractivity contribution in [3.05, 3.63) is 42.0 Å². The van der Waals surface area contributed by atoms with Crippen molar-refractivity contribution in [2.45, 2.75) is 45.2 Å². The predicted molar refractivity (Wildman–Crippen MR) is 114 cm³/mol. The molecule has 0 saturated carbocycles. The average Bonchev–Trinajstić information content (AvgIpc) is 3.20. The molecule has 162 valence electrons. The van der Waals surface area contributed by atoms with Gasteiger partial charge in [0.1, 0.15) is 12.1 Å². The van der Waals surface area contributed by atoms with E-state index in [0.717, 1.165) is 5.56 Å². The summed E-state index contributed by atoms with van der Waals surface area (Å²) in [4.78, 5) is 50.3. The van der Waals surface area contributed by atoms with Gasteiger partial charge in [0.05, 0.1) is 6.54 Å². The molecule has 0 aromatic heterocycles. The summed E-state index contributed by atoms with van der Waals surface area (Å²) in [5.41, 5.74) is 6.28. The van der Waals surface area contributed by atoms with Crippen molar-refractivity contribution in [2.24, 2.45) is 11.7 Å². The smallest absolute Gasteiger partial charge is 0.245 e. The van der Waals surface area contributed by atoms with E-state index in [1.807, 2.05) is 44.2 Å². The summed E-state index contributed by atoms with van der Waals surface area (Å²) in [5, 5.41) is 5.20. The number of hydrogen-bond acceptors (Lipinski definition) is 4. The fourth-order valence-corrected chi connectivity index (χ4v) is 3.43. The van der Waals surface area contributed by atoms with Gasteiger partial charge in [0.15, 0.2) is 0 Å². The Labute approximate surface area is 176 Å². The quantitative estimate of drug-likeness (QED) is 0.518. The molecule has 1 aromatic carbocycles. The summed E-state index contributed by atoms with van der Waals surface area (Å²) >= 11 is 0. The first kappa shape index (κ1) is 23.1. The lowest BCUT2D eigenvalue weighted by molar-refractivity contribution is -0.140. The van der Waals surface area contributed by atoms with Gasteiger partial charge in [-0.25, -0.2) is 0 Å². The van der Waals surface area contributed by atoms with E-state index in [9.17, 15) is 19.2 Å². The number of nitrogens with one attached hydrogen (secondary N) is 2. The predicted octanol–water partition coefficient (Wildman–Crippen LogP) is 0.823. The number of carbonyl (C=O) groups is 4. The van der Waals surface area contributed by atoms with Gasteiger partial charge < -0.3 is 21.3 Å². The molecule has 0 radical (unpaired) electrons. The van der Waals surface area contributed by atoms with Crippen LogP contribution in [0.5, 0.6) is 0 Å². The second-order valence-electron chi connectivity index (χ2n) is 7.80. The molecule has 2 atom stereocenters. The second kappa shape index (κ2) is 11.1. The van der Waals surface area contributed by atoms with Crippen molar-refractivity contribution in [1.29, 1.82) is 0 Å². The average molecular weight is 415 g/mol. The second-order valence-corrected chi connectivity index (χ2v) is 7.80. The molecule has 1 saturated heterocycles. The van der Waals surface area contributed by atoms with Gasteiger partial charge >= 0.3 is 0 Å². The number of amides is 4. The maximum absolute atomic E-state index is 12.9. The van der Waals surface area contributed by atoms with Gasteiger partial charge in [-0.1, -0.05) is 44.2 Å². The number of rotatable bonds is 9. The number of benzene rings is 1. The van der Waals surface area contributed by atoms with Crippen molar-refractivity contribution >= 4 is 29.7 Å². The maximum Gasteiger partial charge on any atom is 0.245 e. The van der Waals surface area contributed by atoms with E-state index in [1.54, 1.807) is 6.08 Å². The third-order valence-corrected chi connectivity index (χ3v) is 4.85. The molecule has 4 N–H and O–H groups in total. The van der Waals surface area contributed by atoms with Gasteiger partial charge in [-0.2, -0.15) is 0 Å². The molecule has 1 fully saturated rings. The van der Waals surface area contributed by atoms with Crippen LogP contribution in [-0.2, 0) is 19.2 Å². The van der Waals surface area contributed by atoms with E-state index in [2.05, 4.69) is 10.6 Å². The maximum atomic E-state index is 12.9. The highest BCUT2D eigenvalue weighted by molar-refractivity contribution is 5.96. The number of primary amides is 1. The molecular formula is C22H30N4O4. The van der Waals surface area contributed by atoms with Crippen LogP contribution in [-0.4, -0.2) is 53.7 Å². The molecule has 4 amide bonds. The first-order valence-electron chi connectivity index (χ1n) is 10.2. The molecule has 1 aliphatic heterocycles. The number of nitrogens with two attached hydrogens (primary N) is 1. The Bertz CT molecular complexity index is 792. The minimum atomic E-state index is -0.769. The zero-order chi connectivity index (χ0) is 22.1. The molecule has 1 aromatic rings. The highest BCUT2D eigenvalue weighted by Gasteiger charge is 2.36. The molecule has 0 aliphatic carbocycles. The van der Waals surface area contributed by atoms with Crippen LogP contribution in [0.1, 0.15) is 38.7 Å². The largest absolute Gasteiger partial charge is 0.368 e. The molecule has 2 rings (SSSR count). The van der Waals surface area contributed by atoms with Gasteiger partial charge in [-0.15, -0.1) is 0 Å². The summed E-state index contributed by atoms with van der Waals surface area (Å²) in [6.45, 7) is 4.08. The normalized spacial score (nSPS) is 17.2. The topological polar surface area (TPSA) is 122 Å². The minimum Gasteiger partial charge on any atom is -0.368 e. The van der Waals surface area contributed by atoms with Crippen molar-refractivity contribution in [3.8, 4) is 0 Å². The Morgan fingerprint density at radius 3 is 2.53 bits per heavy atom. The Morgan fingerprint density at radius 2 is 1.90 bits per heavy atom. The van der Waals surface area contributed by atoms with E-state index in [4.69, 9.17) is 5.73 Å². The molecule has 30 heavy (non-hydrogen) atoms. The van der Waals surface area contributed by atoms with Crippen LogP contribution in [0, 0.1) is 5.92 Å². The van der Waals surface area contributed by atoms with Gasteiger partial charge in [0.2, 0.25) is 23.6 Å². The summed E-state index contributed by atoms with van der Waals surface area (Å²) in [5.74, 6) is -1.57. The van der Waals surface area contributed by atoms with Crippen LogP contribution in [0.4, 0.5) is 0 Å². The number of hydrogen-bond donors (Lipinski definition) is 3. The minimum absolute atomic E-state index is 0.150. The zero-order valence-corrected chi connectivity index (χ0v) is 17.5. The highest BCUT2D eigenvalue weighted by Crippen LogP contribution is 2.19. The lowest BCUT2D eigenvalue weighted by Gasteiger charge is -2.28. The van der Waals surface area contributed by atoms with Crippen LogP contribution >= 0.6 is 0 Å². The molecular weight excluding hydrogens is 384 g/mol. The number of likely N-dealkylation sites (tertiary alicyclic amines) is 1. The Balaban J connectivity index is 1.91. The van der Waals surface area contributed by atoms with Crippen molar-refractivity contribution < 1.29 is 19.2 Å². The van der Waals surface area contributed by atoms with E-state index < -0.39 is 29.8 Å². The summed E-state index contributed by atoms with van der Waals surface area (Å²) < 4.78 is 0. The summed E-state index contributed by atoms with van der Waals surface area (Å²) in [6.07, 6.45) is 4.66. The molecule has 0 bridgehead atoms. The molecule has 8 nitrogen and oxygen atoms in total. The number of nitrogens with zero attached hydrogens (tertiary/aromatic N) is 1. The first-order valence-corrected chi connectivity index (χ1v) is 10.2. The lowest BCUT2D eigenvalue weighted by atomic mass is 10.0. The molecule has 1 aliphatic rings. The van der Waals surface area contributed by atoms with Crippen molar-refractivity contribution in [1.82, 2.24) is 15.5 Å². The van der Waals surface area contributed by atoms with Gasteiger partial charge in [0, 0.05) is 12.6 Å². The van der Waals surface area contributed by atoms with Crippen LogP contribution in [0.15, 0.2) is 36.4 Å². The van der Waals surface area contributed by atoms with Crippen molar-refractivity contribution in [2.75, 3.05) is 13.1 Å². The summed E-state index contributed by atoms with van der Waals surface area (Å²) in [7, 11) is 0. The fourth-order valence-electron chi connectivity index (χ4n) is 3.43. The van der Waals surface area contributed by atoms with Gasteiger partial charge in [0.25, 0.3) is 0 Å². The summed E-state index contributed by atoms with van der Waals surface area (Å²) in [6, 6.07) is 7.91. The van der Waals surface area contributed by atoms with Crippen LogP contribution in [0.3, 0.4) is 0 Å². The number of carbonyl (C=O) groups excluding carboxylic acids is 4. The van der Waals surface area contributed by atoms with Crippen molar-refractivity contribution in [3.63, 3.8) is 0 Å². The SMILES string of the molecule is CC(C)C[C@H](NC(=O)CNC(=O)/C=C/c1ccccc1)C(=O)N1CCC[C@H]1C(N)=O. The zero-order valence-electron chi connectivity index (χ0n) is 17.5. The van der Waals surface area contributed by atoms with E-state index in [0.29, 0.717) is 25.8 Å². The highest BCUT2D eigenvalue weighted by atomic mass is 16.2. The lowest BCUT2D eigenvalue weighted by Crippen LogP contribution is -2.54. The Hall–Kier alpha value is -3.16. The van der Waals surface area contributed by atoms with Crippen LogP contribution < -0.4 is 16.4 Å². The third-order valence-electron chi connectivity index (χ3n) is 4.85. The molecule has 8 heteroatoms. The Morgan fingerprint density at radius 1 is 1.20 bits per heavy atom. The van der Waals surface area contributed by atoms with E-state index >= 15 is 0 Å². The molecule has 1 heterocycles. The monoisotopic (exact) mass is 414 g/mol. The fraction of sp³-hybridized carbons (Fsp3) is 0.455. The first-order chi connectivity index (χ1) is 14.3. The van der Waals surface area contributed by atoms with Crippen LogP contribution in [0.2, 0.25) is 0 Å². The van der Waals surface area contributed by atoms with Gasteiger partial charge in [-0.3, -0.25) is 19.2 Å².